The summed E-state index contributed by atoms with van der Waals surface area (Å²) in [5.41, 5.74) is 12.6. The second kappa shape index (κ2) is 9.18. The third kappa shape index (κ3) is 5.14. The van der Waals surface area contributed by atoms with Crippen LogP contribution >= 0.6 is 7.75 Å². The number of nitrogen functional groups attached to an aromatic ring is 2. The van der Waals surface area contributed by atoms with E-state index in [1.165, 1.54) is 6.92 Å². The van der Waals surface area contributed by atoms with Gasteiger partial charge in [-0.05, 0) is 25.5 Å². The van der Waals surface area contributed by atoms with Crippen molar-refractivity contribution in [3.8, 4) is 5.75 Å². The van der Waals surface area contributed by atoms with E-state index in [1.54, 1.807) is 36.7 Å². The number of fused-ring (bicyclic) bond motifs is 1. The highest BCUT2D eigenvalue weighted by molar-refractivity contribution is 7.52. The van der Waals surface area contributed by atoms with Crippen LogP contribution in [0.4, 0.5) is 11.8 Å². The number of para-hydroxylation sites is 1. The van der Waals surface area contributed by atoms with E-state index < -0.39 is 19.8 Å². The maximum Gasteiger partial charge on any atom is 0.459 e. The third-order valence-electron chi connectivity index (χ3n) is 5.12. The van der Waals surface area contributed by atoms with Crippen molar-refractivity contribution in [2.45, 2.75) is 25.4 Å². The van der Waals surface area contributed by atoms with E-state index in [0.717, 1.165) is 0 Å². The molecule has 0 bridgehead atoms. The quantitative estimate of drug-likeness (QED) is 0.264. The van der Waals surface area contributed by atoms with Crippen LogP contribution in [0.1, 0.15) is 19.4 Å². The number of anilines is 2. The number of carboxylic acid groups (broad SMARTS) is 1. The van der Waals surface area contributed by atoms with E-state index in [1.807, 2.05) is 16.7 Å². The number of benzene rings is 1. The van der Waals surface area contributed by atoms with Gasteiger partial charge in [-0.25, -0.2) is 9.55 Å². The molecule has 0 aliphatic heterocycles. The first-order valence-corrected chi connectivity index (χ1v) is 11.7. The van der Waals surface area contributed by atoms with Crippen molar-refractivity contribution in [1.29, 1.82) is 0 Å². The van der Waals surface area contributed by atoms with Gasteiger partial charge >= 0.3 is 13.7 Å². The van der Waals surface area contributed by atoms with E-state index in [0.29, 0.717) is 23.3 Å². The molecule has 6 N–H and O–H groups in total. The Bertz CT molecular complexity index is 1230. The largest absolute Gasteiger partial charge is 0.480 e. The van der Waals surface area contributed by atoms with Crippen LogP contribution in [0, 0.1) is 5.92 Å². The second-order valence-electron chi connectivity index (χ2n) is 7.63. The van der Waals surface area contributed by atoms with Crippen molar-refractivity contribution in [3.05, 3.63) is 48.8 Å². The molecule has 0 amide bonds. The molecule has 1 aliphatic carbocycles. The first kappa shape index (κ1) is 22.7. The number of allylic oxidation sites excluding steroid dienone is 1. The van der Waals surface area contributed by atoms with Crippen molar-refractivity contribution in [1.82, 2.24) is 24.6 Å². The molecule has 0 radical (unpaired) electrons. The topological polar surface area (TPSA) is 180 Å². The minimum atomic E-state index is -3.97. The molecule has 4 rings (SSSR count). The van der Waals surface area contributed by atoms with Crippen LogP contribution in [0.2, 0.25) is 0 Å². The fraction of sp³-hybridized carbons (Fsp3) is 0.300. The molecule has 33 heavy (non-hydrogen) atoms. The number of aromatic nitrogens is 4. The zero-order valence-corrected chi connectivity index (χ0v) is 18.6. The molecule has 4 atom stereocenters. The van der Waals surface area contributed by atoms with Crippen LogP contribution in [0.15, 0.2) is 48.8 Å². The minimum absolute atomic E-state index is 0.0440. The van der Waals surface area contributed by atoms with Gasteiger partial charge in [0, 0.05) is 5.92 Å². The van der Waals surface area contributed by atoms with Crippen LogP contribution in [-0.2, 0) is 13.9 Å². The number of nitrogens with one attached hydrogen (secondary N) is 1. The first-order chi connectivity index (χ1) is 15.7. The van der Waals surface area contributed by atoms with Gasteiger partial charge in [0.25, 0.3) is 0 Å². The molecular weight excluding hydrogens is 449 g/mol. The molecular formula is C20H24N7O5P. The molecule has 0 saturated heterocycles. The summed E-state index contributed by atoms with van der Waals surface area (Å²) >= 11 is 0. The number of rotatable bonds is 9. The molecule has 1 aromatic carbocycles. The summed E-state index contributed by atoms with van der Waals surface area (Å²) in [6.07, 6.45) is 6.11. The molecule has 12 nitrogen and oxygen atoms in total. The minimum Gasteiger partial charge on any atom is -0.480 e. The van der Waals surface area contributed by atoms with Gasteiger partial charge in [0.1, 0.15) is 17.3 Å². The third-order valence-corrected chi connectivity index (χ3v) is 6.77. The maximum absolute atomic E-state index is 13.3. The number of hydrogen-bond donors (Lipinski definition) is 4. The molecule has 1 unspecified atom stereocenters. The lowest BCUT2D eigenvalue weighted by molar-refractivity contribution is -0.138. The Morgan fingerprint density at radius 2 is 2.06 bits per heavy atom. The molecule has 174 valence electrons. The van der Waals surface area contributed by atoms with Gasteiger partial charge < -0.3 is 25.7 Å². The predicted molar refractivity (Wildman–Crippen MR) is 121 cm³/mol. The number of nitrogens with two attached hydrogens (primary N) is 2. The zero-order valence-electron chi connectivity index (χ0n) is 17.7. The van der Waals surface area contributed by atoms with E-state index in [4.69, 9.17) is 20.5 Å². The Balaban J connectivity index is 1.45. The monoisotopic (exact) mass is 473 g/mol. The van der Waals surface area contributed by atoms with Crippen molar-refractivity contribution in [2.24, 2.45) is 5.92 Å². The lowest BCUT2D eigenvalue weighted by Crippen LogP contribution is -2.33. The number of nitrogens with zero attached hydrogens (tertiary/aromatic N) is 4. The van der Waals surface area contributed by atoms with Gasteiger partial charge in [-0.3, -0.25) is 9.32 Å². The number of hydrogen-bond acceptors (Lipinski definition) is 9. The lowest BCUT2D eigenvalue weighted by atomic mass is 10.1. The van der Waals surface area contributed by atoms with Gasteiger partial charge in [-0.15, -0.1) is 0 Å². The fourth-order valence-electron chi connectivity index (χ4n) is 3.48. The van der Waals surface area contributed by atoms with Crippen molar-refractivity contribution in [3.63, 3.8) is 0 Å². The summed E-state index contributed by atoms with van der Waals surface area (Å²) < 4.78 is 26.3. The number of carboxylic acids is 1. The average molecular weight is 473 g/mol. The summed E-state index contributed by atoms with van der Waals surface area (Å²) in [5.74, 6) is -0.732. The van der Waals surface area contributed by atoms with E-state index in [2.05, 4.69) is 20.0 Å². The number of imidazole rings is 1. The summed E-state index contributed by atoms with van der Waals surface area (Å²) in [7, 11) is -3.97. The summed E-state index contributed by atoms with van der Waals surface area (Å²) in [6.45, 7) is 1.41. The standard InChI is InChI=1S/C20H24N7O5P/c1-12(19(28)29)26-33(30,32-15-5-3-2-4-6-15)31-10-13-7-8-14(9-13)27-11-23-16-17(21)24-20(22)25-18(16)27/h2-8,11-14H,9-10H2,1H3,(H,26,30)(H,28,29)(H4,21,22,24,25)/t12?,13-,14+,33-/m1/s1. The van der Waals surface area contributed by atoms with Crippen LogP contribution in [0.25, 0.3) is 11.2 Å². The highest BCUT2D eigenvalue weighted by Crippen LogP contribution is 2.46. The zero-order chi connectivity index (χ0) is 23.6. The summed E-state index contributed by atoms with van der Waals surface area (Å²) in [6, 6.07) is 7.18. The second-order valence-corrected chi connectivity index (χ2v) is 9.32. The van der Waals surface area contributed by atoms with Crippen molar-refractivity contribution >= 4 is 36.6 Å². The Hall–Kier alpha value is -3.47. The maximum atomic E-state index is 13.3. The lowest BCUT2D eigenvalue weighted by Gasteiger charge is -2.23. The van der Waals surface area contributed by atoms with Gasteiger partial charge in [0.05, 0.1) is 19.0 Å². The molecule has 2 aromatic heterocycles. The van der Waals surface area contributed by atoms with Gasteiger partial charge in [0.2, 0.25) is 5.95 Å². The smallest absolute Gasteiger partial charge is 0.459 e. The molecule has 0 spiro atoms. The van der Waals surface area contributed by atoms with E-state index in [9.17, 15) is 14.5 Å². The molecule has 2 heterocycles. The van der Waals surface area contributed by atoms with Crippen LogP contribution in [0.5, 0.6) is 5.75 Å². The average Bonchev–Trinajstić information content (AvgIpc) is 3.40. The summed E-state index contributed by atoms with van der Waals surface area (Å²) in [4.78, 5) is 23.7. The summed E-state index contributed by atoms with van der Waals surface area (Å²) in [5, 5.41) is 11.7. The Morgan fingerprint density at radius 1 is 1.30 bits per heavy atom. The van der Waals surface area contributed by atoms with Gasteiger partial charge in [0.15, 0.2) is 11.5 Å². The Labute approximate surface area is 189 Å². The normalized spacial score (nSPS) is 20.5. The molecule has 0 saturated carbocycles. The number of carbonyl (C=O) groups is 1. The highest BCUT2D eigenvalue weighted by atomic mass is 31.2. The molecule has 3 aromatic rings. The van der Waals surface area contributed by atoms with E-state index in [-0.39, 0.29) is 30.3 Å². The van der Waals surface area contributed by atoms with Crippen LogP contribution in [-0.4, -0.2) is 43.2 Å². The Kier molecular flexibility index (Phi) is 6.32. The van der Waals surface area contributed by atoms with Gasteiger partial charge in [-0.1, -0.05) is 30.4 Å². The van der Waals surface area contributed by atoms with Crippen molar-refractivity contribution < 1.29 is 23.5 Å². The van der Waals surface area contributed by atoms with E-state index >= 15 is 0 Å². The number of aliphatic carboxylic acids is 1. The first-order valence-electron chi connectivity index (χ1n) is 10.2. The Morgan fingerprint density at radius 3 is 2.79 bits per heavy atom. The molecule has 0 fully saturated rings. The van der Waals surface area contributed by atoms with Gasteiger partial charge in [-0.2, -0.15) is 15.1 Å². The van der Waals surface area contributed by atoms with Crippen LogP contribution < -0.4 is 21.1 Å². The van der Waals surface area contributed by atoms with Crippen molar-refractivity contribution in [2.75, 3.05) is 18.1 Å². The highest BCUT2D eigenvalue weighted by Gasteiger charge is 2.33. The predicted octanol–water partition coefficient (Wildman–Crippen LogP) is 2.37. The fourth-order valence-corrected chi connectivity index (χ4v) is 5.03. The molecule has 13 heteroatoms. The van der Waals surface area contributed by atoms with Crippen LogP contribution in [0.3, 0.4) is 0 Å². The molecule has 1 aliphatic rings. The SMILES string of the molecule is CC(N[P@@](=O)(OC[C@@H]1C=C[C@H](n2cnc3c(N)nc(N)nc32)C1)Oc1ccccc1)C(=O)O.